The first kappa shape index (κ1) is 18.0. The molecule has 1 amide bonds. The van der Waals surface area contributed by atoms with Gasteiger partial charge in [-0.1, -0.05) is 0 Å². The molecule has 0 radical (unpaired) electrons. The van der Waals surface area contributed by atoms with Gasteiger partial charge in [0, 0.05) is 44.1 Å². The Morgan fingerprint density at radius 3 is 2.62 bits per heavy atom. The average Bonchev–Trinajstić information content (AvgIpc) is 2.59. The molecule has 1 aliphatic rings. The minimum atomic E-state index is -4.40. The van der Waals surface area contributed by atoms with E-state index in [0.29, 0.717) is 36.6 Å². The van der Waals surface area contributed by atoms with Crippen molar-refractivity contribution in [2.45, 2.75) is 19.5 Å². The summed E-state index contributed by atoms with van der Waals surface area (Å²) in [4.78, 5) is 13.0. The highest BCUT2D eigenvalue weighted by Crippen LogP contribution is 2.36. The number of carbonyl (C=O) groups excluding carboxylic acids is 1. The summed E-state index contributed by atoms with van der Waals surface area (Å²) < 4.78 is 39.2. The van der Waals surface area contributed by atoms with Gasteiger partial charge in [-0.05, 0) is 30.3 Å². The van der Waals surface area contributed by atoms with Crippen molar-refractivity contribution in [2.75, 3.05) is 18.0 Å². The second-order valence-corrected chi connectivity index (χ2v) is 6.33. The van der Waals surface area contributed by atoms with Crippen LogP contribution in [0.15, 0.2) is 42.6 Å². The van der Waals surface area contributed by atoms with E-state index in [1.165, 1.54) is 25.3 Å². The van der Waals surface area contributed by atoms with Crippen molar-refractivity contribution in [3.8, 4) is 0 Å². The molecule has 0 saturated carbocycles. The lowest BCUT2D eigenvalue weighted by Gasteiger charge is -2.34. The lowest BCUT2D eigenvalue weighted by molar-refractivity contribution is -0.614. The van der Waals surface area contributed by atoms with Crippen molar-refractivity contribution in [3.63, 3.8) is 0 Å². The summed E-state index contributed by atoms with van der Waals surface area (Å²) in [6, 6.07) is 8.24. The standard InChI is InChI=1S/C18H18F3N3O2/c1-12(25)22-10-13-9-17-16(3-2-8-24(17)26)23(11-13)15-6-4-14(5-7-15)18(19,20)21/h2-8,13H,9-11H2,1H3,(H,22,25). The summed E-state index contributed by atoms with van der Waals surface area (Å²) in [5.41, 5.74) is 1.05. The summed E-state index contributed by atoms with van der Waals surface area (Å²) in [6.07, 6.45) is -2.52. The molecule has 1 N–H and O–H groups in total. The van der Waals surface area contributed by atoms with Crippen molar-refractivity contribution in [1.29, 1.82) is 0 Å². The molecule has 5 nitrogen and oxygen atoms in total. The molecule has 1 aromatic carbocycles. The number of nitrogens with zero attached hydrogens (tertiary/aromatic N) is 2. The molecule has 0 saturated heterocycles. The third kappa shape index (κ3) is 3.74. The first-order valence-electron chi connectivity index (χ1n) is 8.16. The van der Waals surface area contributed by atoms with Crippen LogP contribution in [0.2, 0.25) is 0 Å². The number of benzene rings is 1. The number of carbonyl (C=O) groups is 1. The Labute approximate surface area is 148 Å². The van der Waals surface area contributed by atoms with Crippen LogP contribution in [0.4, 0.5) is 24.5 Å². The molecular weight excluding hydrogens is 347 g/mol. The Hall–Kier alpha value is -2.77. The fourth-order valence-corrected chi connectivity index (χ4v) is 3.15. The zero-order chi connectivity index (χ0) is 18.9. The van der Waals surface area contributed by atoms with Gasteiger partial charge in [0.1, 0.15) is 5.69 Å². The molecular formula is C18H18F3N3O2. The SMILES string of the molecule is CC(=O)NCC1Cc2c(ccc[n+]2[O-])N(c2ccc(C(F)(F)F)cc2)C1. The highest BCUT2D eigenvalue weighted by molar-refractivity contribution is 5.73. The van der Waals surface area contributed by atoms with Crippen LogP contribution >= 0.6 is 0 Å². The van der Waals surface area contributed by atoms with Gasteiger partial charge in [-0.3, -0.25) is 4.79 Å². The van der Waals surface area contributed by atoms with E-state index in [1.54, 1.807) is 12.1 Å². The van der Waals surface area contributed by atoms with Crippen LogP contribution in [0.3, 0.4) is 0 Å². The molecule has 3 rings (SSSR count). The molecule has 0 spiro atoms. The van der Waals surface area contributed by atoms with Crippen molar-refractivity contribution >= 4 is 17.3 Å². The van der Waals surface area contributed by atoms with Gasteiger partial charge in [-0.2, -0.15) is 17.9 Å². The Morgan fingerprint density at radius 2 is 2.00 bits per heavy atom. The van der Waals surface area contributed by atoms with E-state index in [2.05, 4.69) is 5.32 Å². The number of fused-ring (bicyclic) bond motifs is 1. The van der Waals surface area contributed by atoms with E-state index in [-0.39, 0.29) is 11.8 Å². The van der Waals surface area contributed by atoms with Gasteiger partial charge in [0.05, 0.1) is 5.56 Å². The minimum Gasteiger partial charge on any atom is -0.618 e. The van der Waals surface area contributed by atoms with Gasteiger partial charge < -0.3 is 15.4 Å². The first-order valence-corrected chi connectivity index (χ1v) is 8.16. The van der Waals surface area contributed by atoms with Crippen molar-refractivity contribution in [2.24, 2.45) is 5.92 Å². The van der Waals surface area contributed by atoms with Gasteiger partial charge in [-0.25, -0.2) is 0 Å². The number of rotatable bonds is 3. The molecule has 1 aliphatic heterocycles. The van der Waals surface area contributed by atoms with Gasteiger partial charge in [0.2, 0.25) is 11.6 Å². The molecule has 1 aromatic heterocycles. The van der Waals surface area contributed by atoms with E-state index >= 15 is 0 Å². The highest BCUT2D eigenvalue weighted by Gasteiger charge is 2.33. The van der Waals surface area contributed by atoms with Crippen LogP contribution in [0.1, 0.15) is 18.2 Å². The van der Waals surface area contributed by atoms with Gasteiger partial charge >= 0.3 is 6.18 Å². The second kappa shape index (κ2) is 6.86. The van der Waals surface area contributed by atoms with E-state index < -0.39 is 11.7 Å². The van der Waals surface area contributed by atoms with Crippen LogP contribution in [0.5, 0.6) is 0 Å². The predicted molar refractivity (Wildman–Crippen MR) is 89.7 cm³/mol. The third-order valence-corrected chi connectivity index (χ3v) is 4.40. The Bertz CT molecular complexity index is 806. The Morgan fingerprint density at radius 1 is 1.31 bits per heavy atom. The van der Waals surface area contributed by atoms with E-state index in [4.69, 9.17) is 0 Å². The molecule has 26 heavy (non-hydrogen) atoms. The van der Waals surface area contributed by atoms with Crippen LogP contribution in [0.25, 0.3) is 0 Å². The number of nitrogens with one attached hydrogen (secondary N) is 1. The van der Waals surface area contributed by atoms with Crippen LogP contribution in [-0.2, 0) is 17.4 Å². The number of pyridine rings is 1. The fraction of sp³-hybridized carbons (Fsp3) is 0.333. The number of alkyl halides is 3. The maximum atomic E-state index is 12.8. The van der Waals surface area contributed by atoms with E-state index in [9.17, 15) is 23.2 Å². The molecule has 1 unspecified atom stereocenters. The predicted octanol–water partition coefficient (Wildman–Crippen LogP) is 2.79. The van der Waals surface area contributed by atoms with Gasteiger partial charge in [-0.15, -0.1) is 0 Å². The lowest BCUT2D eigenvalue weighted by atomic mass is 9.95. The minimum absolute atomic E-state index is 0.0312. The maximum absolute atomic E-state index is 12.8. The monoisotopic (exact) mass is 365 g/mol. The average molecular weight is 365 g/mol. The smallest absolute Gasteiger partial charge is 0.416 e. The molecule has 0 fully saturated rings. The number of anilines is 2. The number of halogens is 3. The van der Waals surface area contributed by atoms with Crippen molar-refractivity contribution in [1.82, 2.24) is 5.32 Å². The molecule has 2 heterocycles. The maximum Gasteiger partial charge on any atom is 0.416 e. The van der Waals surface area contributed by atoms with Gasteiger partial charge in [0.15, 0.2) is 6.20 Å². The molecule has 1 atom stereocenters. The first-order chi connectivity index (χ1) is 12.3. The number of hydrogen-bond donors (Lipinski definition) is 1. The summed E-state index contributed by atoms with van der Waals surface area (Å²) in [6.45, 7) is 2.29. The van der Waals surface area contributed by atoms with Gasteiger partial charge in [0.25, 0.3) is 0 Å². The number of hydrogen-bond acceptors (Lipinski definition) is 3. The zero-order valence-corrected chi connectivity index (χ0v) is 14.1. The molecule has 2 aromatic rings. The number of amides is 1. The van der Waals surface area contributed by atoms with Crippen LogP contribution < -0.4 is 14.9 Å². The van der Waals surface area contributed by atoms with Crippen molar-refractivity contribution < 1.29 is 22.7 Å². The van der Waals surface area contributed by atoms with E-state index in [0.717, 1.165) is 16.9 Å². The fourth-order valence-electron chi connectivity index (χ4n) is 3.15. The molecule has 138 valence electrons. The molecule has 0 bridgehead atoms. The van der Waals surface area contributed by atoms with Crippen molar-refractivity contribution in [3.05, 3.63) is 59.1 Å². The molecule has 0 aliphatic carbocycles. The lowest BCUT2D eigenvalue weighted by Crippen LogP contribution is -2.44. The Balaban J connectivity index is 1.94. The Kier molecular flexibility index (Phi) is 4.76. The summed E-state index contributed by atoms with van der Waals surface area (Å²) in [7, 11) is 0. The number of aromatic nitrogens is 1. The summed E-state index contributed by atoms with van der Waals surface area (Å²) in [5.74, 6) is -0.198. The normalized spacial score (nSPS) is 16.9. The van der Waals surface area contributed by atoms with Crippen LogP contribution in [0, 0.1) is 11.1 Å². The quantitative estimate of drug-likeness (QED) is 0.672. The summed E-state index contributed by atoms with van der Waals surface area (Å²) >= 11 is 0. The third-order valence-electron chi connectivity index (χ3n) is 4.40. The molecule has 8 heteroatoms. The van der Waals surface area contributed by atoms with E-state index in [1.807, 2.05) is 4.90 Å². The zero-order valence-electron chi connectivity index (χ0n) is 14.1. The largest absolute Gasteiger partial charge is 0.618 e. The second-order valence-electron chi connectivity index (χ2n) is 6.33. The van der Waals surface area contributed by atoms with Crippen LogP contribution in [-0.4, -0.2) is 19.0 Å². The summed E-state index contributed by atoms with van der Waals surface area (Å²) in [5, 5.41) is 14.9. The highest BCUT2D eigenvalue weighted by atomic mass is 19.4. The topological polar surface area (TPSA) is 59.3 Å².